The first kappa shape index (κ1) is 15.5. The predicted octanol–water partition coefficient (Wildman–Crippen LogP) is 2.46. The molecular weight excluding hydrogens is 276 g/mol. The Bertz CT molecular complexity index is 805. The minimum Gasteiger partial charge on any atom is -0.383 e. The van der Waals surface area contributed by atoms with Crippen LogP contribution in [-0.2, 0) is 0 Å². The van der Waals surface area contributed by atoms with E-state index in [4.69, 9.17) is 5.26 Å². The van der Waals surface area contributed by atoms with Gasteiger partial charge in [0.2, 0.25) is 0 Å². The summed E-state index contributed by atoms with van der Waals surface area (Å²) in [7, 11) is 3.80. The van der Waals surface area contributed by atoms with Crippen molar-refractivity contribution in [1.82, 2.24) is 14.9 Å². The molecule has 0 unspecified atom stereocenters. The number of nitriles is 1. The number of pyridine rings is 2. The summed E-state index contributed by atoms with van der Waals surface area (Å²) >= 11 is 0. The summed E-state index contributed by atoms with van der Waals surface area (Å²) in [4.78, 5) is 20.9. The van der Waals surface area contributed by atoms with E-state index >= 15 is 0 Å². The molecule has 2 rings (SSSR count). The van der Waals surface area contributed by atoms with Crippen LogP contribution in [0.5, 0.6) is 0 Å². The molecule has 1 N–H and O–H groups in total. The molecule has 0 fully saturated rings. The summed E-state index contributed by atoms with van der Waals surface area (Å²) in [6.07, 6.45) is 3.67. The Hall–Kier alpha value is -2.87. The molecule has 2 heterocycles. The highest BCUT2D eigenvalue weighted by Crippen LogP contribution is 2.24. The van der Waals surface area contributed by atoms with Gasteiger partial charge in [-0.15, -0.1) is 0 Å². The molecule has 0 bridgehead atoms. The van der Waals surface area contributed by atoms with Crippen molar-refractivity contribution in [2.45, 2.75) is 13.8 Å². The minimum absolute atomic E-state index is 0.101. The van der Waals surface area contributed by atoms with E-state index in [9.17, 15) is 4.79 Å². The highest BCUT2D eigenvalue weighted by atomic mass is 16.1. The molecule has 2 aromatic rings. The Morgan fingerprint density at radius 3 is 2.41 bits per heavy atom. The SMILES string of the molecule is Cc1cc(-c2cc(C#N)c(=O)[nH]c2C=CN(C)C)cc(C)n1. The molecule has 0 aromatic carbocycles. The first-order valence-electron chi connectivity index (χ1n) is 6.88. The number of nitrogens with one attached hydrogen (secondary N) is 1. The number of nitrogens with zero attached hydrogens (tertiary/aromatic N) is 3. The van der Waals surface area contributed by atoms with Crippen LogP contribution in [0, 0.1) is 25.2 Å². The highest BCUT2D eigenvalue weighted by Gasteiger charge is 2.10. The van der Waals surface area contributed by atoms with Gasteiger partial charge < -0.3 is 9.88 Å². The maximum Gasteiger partial charge on any atom is 0.266 e. The summed E-state index contributed by atoms with van der Waals surface area (Å²) in [5, 5.41) is 9.10. The van der Waals surface area contributed by atoms with E-state index < -0.39 is 0 Å². The molecule has 22 heavy (non-hydrogen) atoms. The third-order valence-corrected chi connectivity index (χ3v) is 3.12. The average molecular weight is 294 g/mol. The summed E-state index contributed by atoms with van der Waals surface area (Å²) in [6, 6.07) is 7.44. The average Bonchev–Trinajstić information content (AvgIpc) is 2.44. The third kappa shape index (κ3) is 3.41. The maximum atomic E-state index is 11.9. The van der Waals surface area contributed by atoms with E-state index in [0.29, 0.717) is 5.69 Å². The summed E-state index contributed by atoms with van der Waals surface area (Å²) < 4.78 is 0. The molecular formula is C17H18N4O. The van der Waals surface area contributed by atoms with E-state index in [-0.39, 0.29) is 11.1 Å². The number of rotatable bonds is 3. The quantitative estimate of drug-likeness (QED) is 0.943. The molecule has 0 saturated heterocycles. The fourth-order valence-corrected chi connectivity index (χ4v) is 2.21. The van der Waals surface area contributed by atoms with Gasteiger partial charge >= 0.3 is 0 Å². The van der Waals surface area contributed by atoms with Gasteiger partial charge in [-0.1, -0.05) is 0 Å². The Morgan fingerprint density at radius 1 is 1.23 bits per heavy atom. The van der Waals surface area contributed by atoms with Crippen molar-refractivity contribution in [2.24, 2.45) is 0 Å². The molecule has 5 heteroatoms. The van der Waals surface area contributed by atoms with E-state index in [0.717, 1.165) is 22.5 Å². The molecule has 0 radical (unpaired) electrons. The van der Waals surface area contributed by atoms with E-state index in [1.54, 1.807) is 6.07 Å². The Balaban J connectivity index is 2.71. The molecule has 0 amide bonds. The fourth-order valence-electron chi connectivity index (χ4n) is 2.21. The summed E-state index contributed by atoms with van der Waals surface area (Å²) in [6.45, 7) is 3.84. The summed E-state index contributed by atoms with van der Waals surface area (Å²) in [5.41, 5.74) is 3.91. The Morgan fingerprint density at radius 2 is 1.86 bits per heavy atom. The second-order valence-electron chi connectivity index (χ2n) is 5.37. The van der Waals surface area contributed by atoms with Gasteiger partial charge in [-0.25, -0.2) is 0 Å². The Kier molecular flexibility index (Phi) is 4.42. The predicted molar refractivity (Wildman–Crippen MR) is 87.2 cm³/mol. The molecule has 112 valence electrons. The zero-order chi connectivity index (χ0) is 16.3. The van der Waals surface area contributed by atoms with Crippen LogP contribution in [0.4, 0.5) is 0 Å². The van der Waals surface area contributed by atoms with Crippen molar-refractivity contribution in [1.29, 1.82) is 5.26 Å². The Labute approximate surface area is 129 Å². The van der Waals surface area contributed by atoms with Crippen LogP contribution in [0.25, 0.3) is 17.2 Å². The van der Waals surface area contributed by atoms with Gasteiger partial charge in [0.1, 0.15) is 11.6 Å². The molecule has 2 aromatic heterocycles. The normalized spacial score (nSPS) is 10.7. The summed E-state index contributed by atoms with van der Waals surface area (Å²) in [5.74, 6) is 0. The lowest BCUT2D eigenvalue weighted by molar-refractivity contribution is 0.567. The van der Waals surface area contributed by atoms with Gasteiger partial charge in [-0.05, 0) is 43.7 Å². The first-order valence-corrected chi connectivity index (χ1v) is 6.88. The number of aryl methyl sites for hydroxylation is 2. The molecule has 0 aliphatic rings. The molecule has 0 aliphatic heterocycles. The number of hydrogen-bond donors (Lipinski definition) is 1. The van der Waals surface area contributed by atoms with Gasteiger partial charge in [0.15, 0.2) is 0 Å². The van der Waals surface area contributed by atoms with Gasteiger partial charge in [0.05, 0.1) is 5.69 Å². The molecule has 5 nitrogen and oxygen atoms in total. The van der Waals surface area contributed by atoms with Crippen LogP contribution in [0.15, 0.2) is 29.2 Å². The van der Waals surface area contributed by atoms with Gasteiger partial charge in [0, 0.05) is 37.2 Å². The van der Waals surface area contributed by atoms with Crippen LogP contribution >= 0.6 is 0 Å². The fraction of sp³-hybridized carbons (Fsp3) is 0.235. The van der Waals surface area contributed by atoms with Gasteiger partial charge in [0.25, 0.3) is 5.56 Å². The van der Waals surface area contributed by atoms with Crippen LogP contribution in [0.1, 0.15) is 22.6 Å². The van der Waals surface area contributed by atoms with Gasteiger partial charge in [-0.2, -0.15) is 5.26 Å². The molecule has 0 aliphatic carbocycles. The van der Waals surface area contributed by atoms with Crippen molar-refractivity contribution in [2.75, 3.05) is 14.1 Å². The van der Waals surface area contributed by atoms with Crippen molar-refractivity contribution in [3.8, 4) is 17.2 Å². The zero-order valence-electron chi connectivity index (χ0n) is 13.1. The number of aromatic amines is 1. The van der Waals surface area contributed by atoms with Crippen molar-refractivity contribution in [3.05, 3.63) is 57.4 Å². The topological polar surface area (TPSA) is 72.8 Å². The van der Waals surface area contributed by atoms with Crippen molar-refractivity contribution in [3.63, 3.8) is 0 Å². The van der Waals surface area contributed by atoms with Crippen LogP contribution in [-0.4, -0.2) is 29.0 Å². The molecule has 0 saturated carbocycles. The maximum absolute atomic E-state index is 11.9. The minimum atomic E-state index is -0.382. The monoisotopic (exact) mass is 294 g/mol. The lowest BCUT2D eigenvalue weighted by Gasteiger charge is -2.10. The van der Waals surface area contributed by atoms with E-state index in [1.807, 2.05) is 63.3 Å². The number of aromatic nitrogens is 2. The van der Waals surface area contributed by atoms with E-state index in [1.165, 1.54) is 0 Å². The second kappa shape index (κ2) is 6.27. The van der Waals surface area contributed by atoms with Crippen molar-refractivity contribution >= 4 is 6.08 Å². The zero-order valence-corrected chi connectivity index (χ0v) is 13.1. The number of H-pyrrole nitrogens is 1. The van der Waals surface area contributed by atoms with Crippen LogP contribution in [0.2, 0.25) is 0 Å². The van der Waals surface area contributed by atoms with Crippen LogP contribution in [0.3, 0.4) is 0 Å². The lowest BCUT2D eigenvalue weighted by atomic mass is 10.0. The second-order valence-corrected chi connectivity index (χ2v) is 5.37. The van der Waals surface area contributed by atoms with Crippen LogP contribution < -0.4 is 5.56 Å². The smallest absolute Gasteiger partial charge is 0.266 e. The lowest BCUT2D eigenvalue weighted by Crippen LogP contribution is -2.12. The first-order chi connectivity index (χ1) is 10.4. The largest absolute Gasteiger partial charge is 0.383 e. The third-order valence-electron chi connectivity index (χ3n) is 3.12. The standard InChI is InChI=1S/C17H18N4O/c1-11-7-13(8-12(2)19-11)15-9-14(10-18)17(22)20-16(15)5-6-21(3)4/h5-9H,1-4H3,(H,20,22). The molecule has 0 spiro atoms. The van der Waals surface area contributed by atoms with Crippen molar-refractivity contribution < 1.29 is 0 Å². The highest BCUT2D eigenvalue weighted by molar-refractivity contribution is 5.74. The van der Waals surface area contributed by atoms with Gasteiger partial charge in [-0.3, -0.25) is 9.78 Å². The number of hydrogen-bond acceptors (Lipinski definition) is 4. The molecule has 0 atom stereocenters. The van der Waals surface area contributed by atoms with E-state index in [2.05, 4.69) is 9.97 Å².